The van der Waals surface area contributed by atoms with Gasteiger partial charge in [0.1, 0.15) is 0 Å². The first-order chi connectivity index (χ1) is 8.15. The van der Waals surface area contributed by atoms with Crippen molar-refractivity contribution >= 4 is 0 Å². The van der Waals surface area contributed by atoms with Crippen molar-refractivity contribution in [2.75, 3.05) is 40.3 Å². The van der Waals surface area contributed by atoms with Crippen LogP contribution in [0.15, 0.2) is 12.3 Å². The zero-order chi connectivity index (χ0) is 12.3. The molecular weight excluding hydrogens is 214 g/mol. The molecule has 0 amide bonds. The number of nitrogens with zero attached hydrogens (tertiary/aromatic N) is 4. The zero-order valence-corrected chi connectivity index (χ0v) is 11.1. The van der Waals surface area contributed by atoms with Crippen LogP contribution < -0.4 is 5.32 Å². The van der Waals surface area contributed by atoms with Gasteiger partial charge in [0, 0.05) is 52.0 Å². The number of likely N-dealkylation sites (N-methyl/N-ethyl adjacent to an activating group) is 2. The molecule has 5 nitrogen and oxygen atoms in total. The summed E-state index contributed by atoms with van der Waals surface area (Å²) in [6, 6.07) is 2.67. The van der Waals surface area contributed by atoms with Crippen LogP contribution in [0.1, 0.15) is 5.69 Å². The van der Waals surface area contributed by atoms with Crippen LogP contribution in [0.25, 0.3) is 0 Å². The highest BCUT2D eigenvalue weighted by atomic mass is 15.3. The summed E-state index contributed by atoms with van der Waals surface area (Å²) < 4.78 is 1.84. The molecule has 5 heteroatoms. The van der Waals surface area contributed by atoms with Crippen LogP contribution in [0, 0.1) is 0 Å². The normalized spacial score (nSPS) is 23.1. The lowest BCUT2D eigenvalue weighted by Gasteiger charge is -2.37. The Morgan fingerprint density at radius 3 is 2.88 bits per heavy atom. The molecule has 2 rings (SSSR count). The maximum Gasteiger partial charge on any atom is 0.0762 e. The van der Waals surface area contributed by atoms with Gasteiger partial charge in [-0.3, -0.25) is 9.58 Å². The van der Waals surface area contributed by atoms with Crippen LogP contribution in [0.4, 0.5) is 0 Å². The summed E-state index contributed by atoms with van der Waals surface area (Å²) >= 11 is 0. The third-order valence-electron chi connectivity index (χ3n) is 3.44. The minimum Gasteiger partial charge on any atom is -0.309 e. The molecule has 0 bridgehead atoms. The summed E-state index contributed by atoms with van der Waals surface area (Å²) in [5, 5.41) is 7.85. The second-order valence-electron chi connectivity index (χ2n) is 5.01. The maximum absolute atomic E-state index is 4.36. The summed E-state index contributed by atoms with van der Waals surface area (Å²) in [6.07, 6.45) is 1.98. The fraction of sp³-hybridized carbons (Fsp3) is 0.750. The highest BCUT2D eigenvalue weighted by Gasteiger charge is 2.21. The van der Waals surface area contributed by atoms with Crippen LogP contribution in [0.2, 0.25) is 0 Å². The van der Waals surface area contributed by atoms with E-state index in [0.717, 1.165) is 31.9 Å². The standard InChI is InChI=1S/C12H23N5/c1-15-6-7-16(2)12(10-15)9-13-8-11-4-5-17(3)14-11/h4-5,12-13H,6-10H2,1-3H3. The van der Waals surface area contributed by atoms with Gasteiger partial charge < -0.3 is 10.2 Å². The van der Waals surface area contributed by atoms with Crippen LogP contribution in [0.3, 0.4) is 0 Å². The molecule has 1 aliphatic rings. The number of hydrogen-bond acceptors (Lipinski definition) is 4. The molecule has 0 radical (unpaired) electrons. The molecule has 1 aromatic heterocycles. The van der Waals surface area contributed by atoms with E-state index in [9.17, 15) is 0 Å². The van der Waals surface area contributed by atoms with Crippen molar-refractivity contribution in [3.05, 3.63) is 18.0 Å². The highest BCUT2D eigenvalue weighted by Crippen LogP contribution is 2.05. The van der Waals surface area contributed by atoms with Crippen molar-refractivity contribution < 1.29 is 0 Å². The van der Waals surface area contributed by atoms with Gasteiger partial charge in [-0.2, -0.15) is 5.10 Å². The number of aryl methyl sites for hydroxylation is 1. The van der Waals surface area contributed by atoms with E-state index in [4.69, 9.17) is 0 Å². The number of piperazine rings is 1. The van der Waals surface area contributed by atoms with Crippen molar-refractivity contribution in [3.63, 3.8) is 0 Å². The maximum atomic E-state index is 4.36. The van der Waals surface area contributed by atoms with Crippen LogP contribution >= 0.6 is 0 Å². The fourth-order valence-corrected chi connectivity index (χ4v) is 2.25. The van der Waals surface area contributed by atoms with Crippen molar-refractivity contribution in [2.24, 2.45) is 7.05 Å². The quantitative estimate of drug-likeness (QED) is 0.784. The minimum atomic E-state index is 0.609. The molecule has 1 aliphatic heterocycles. The minimum absolute atomic E-state index is 0.609. The first-order valence-electron chi connectivity index (χ1n) is 6.23. The molecule has 1 aromatic rings. The van der Waals surface area contributed by atoms with E-state index in [1.165, 1.54) is 6.54 Å². The van der Waals surface area contributed by atoms with Gasteiger partial charge in [0.2, 0.25) is 0 Å². The Hall–Kier alpha value is -0.910. The fourth-order valence-electron chi connectivity index (χ4n) is 2.25. The van der Waals surface area contributed by atoms with Gasteiger partial charge in [0.05, 0.1) is 5.69 Å². The second-order valence-corrected chi connectivity index (χ2v) is 5.01. The van der Waals surface area contributed by atoms with E-state index >= 15 is 0 Å². The summed E-state index contributed by atoms with van der Waals surface area (Å²) in [7, 11) is 6.35. The third kappa shape index (κ3) is 3.52. The summed E-state index contributed by atoms with van der Waals surface area (Å²) in [6.45, 7) is 5.36. The van der Waals surface area contributed by atoms with Crippen LogP contribution in [0.5, 0.6) is 0 Å². The molecule has 0 spiro atoms. The van der Waals surface area contributed by atoms with E-state index in [0.29, 0.717) is 6.04 Å². The Morgan fingerprint density at radius 2 is 2.18 bits per heavy atom. The number of hydrogen-bond donors (Lipinski definition) is 1. The smallest absolute Gasteiger partial charge is 0.0762 e. The first kappa shape index (κ1) is 12.5. The van der Waals surface area contributed by atoms with E-state index in [-0.39, 0.29) is 0 Å². The molecule has 1 fully saturated rings. The lowest BCUT2D eigenvalue weighted by atomic mass is 10.2. The largest absolute Gasteiger partial charge is 0.309 e. The van der Waals surface area contributed by atoms with Gasteiger partial charge in [0.15, 0.2) is 0 Å². The highest BCUT2D eigenvalue weighted by molar-refractivity contribution is 4.98. The average molecular weight is 237 g/mol. The summed E-state index contributed by atoms with van der Waals surface area (Å²) in [5.41, 5.74) is 1.11. The third-order valence-corrected chi connectivity index (χ3v) is 3.44. The predicted octanol–water partition coefficient (Wildman–Crippen LogP) is -0.244. The van der Waals surface area contributed by atoms with E-state index in [1.54, 1.807) is 0 Å². The summed E-state index contributed by atoms with van der Waals surface area (Å²) in [4.78, 5) is 4.83. The number of aromatic nitrogens is 2. The molecule has 1 saturated heterocycles. The summed E-state index contributed by atoms with van der Waals surface area (Å²) in [5.74, 6) is 0. The molecular formula is C12H23N5. The van der Waals surface area contributed by atoms with E-state index < -0.39 is 0 Å². The molecule has 2 heterocycles. The van der Waals surface area contributed by atoms with Gasteiger partial charge in [0.25, 0.3) is 0 Å². The second kappa shape index (κ2) is 5.62. The van der Waals surface area contributed by atoms with Crippen molar-refractivity contribution in [3.8, 4) is 0 Å². The molecule has 96 valence electrons. The van der Waals surface area contributed by atoms with Gasteiger partial charge >= 0.3 is 0 Å². The van der Waals surface area contributed by atoms with Gasteiger partial charge in [-0.05, 0) is 20.2 Å². The van der Waals surface area contributed by atoms with Gasteiger partial charge in [-0.25, -0.2) is 0 Å². The number of nitrogens with one attached hydrogen (secondary N) is 1. The Morgan fingerprint density at radius 1 is 1.35 bits per heavy atom. The van der Waals surface area contributed by atoms with Crippen LogP contribution in [-0.4, -0.2) is 65.9 Å². The Labute approximate surface area is 103 Å². The molecule has 1 unspecified atom stereocenters. The molecule has 0 saturated carbocycles. The van der Waals surface area contributed by atoms with Crippen molar-refractivity contribution in [1.29, 1.82) is 0 Å². The molecule has 1 N–H and O–H groups in total. The predicted molar refractivity (Wildman–Crippen MR) is 68.8 cm³/mol. The number of rotatable bonds is 4. The van der Waals surface area contributed by atoms with E-state index in [2.05, 4.69) is 40.4 Å². The molecule has 1 atom stereocenters. The molecule has 0 aliphatic carbocycles. The van der Waals surface area contributed by atoms with Gasteiger partial charge in [-0.1, -0.05) is 0 Å². The van der Waals surface area contributed by atoms with Crippen LogP contribution in [-0.2, 0) is 13.6 Å². The SMILES string of the molecule is CN1CCN(C)C(CNCc2ccn(C)n2)C1. The van der Waals surface area contributed by atoms with E-state index in [1.807, 2.05) is 17.9 Å². The Kier molecular flexibility index (Phi) is 4.15. The lowest BCUT2D eigenvalue weighted by molar-refractivity contribution is 0.113. The van der Waals surface area contributed by atoms with Crippen molar-refractivity contribution in [2.45, 2.75) is 12.6 Å². The Balaban J connectivity index is 1.74. The average Bonchev–Trinajstić information content (AvgIpc) is 2.69. The topological polar surface area (TPSA) is 36.3 Å². The van der Waals surface area contributed by atoms with Gasteiger partial charge in [-0.15, -0.1) is 0 Å². The zero-order valence-electron chi connectivity index (χ0n) is 11.1. The van der Waals surface area contributed by atoms with Crippen molar-refractivity contribution in [1.82, 2.24) is 24.9 Å². The molecule has 0 aromatic carbocycles. The first-order valence-corrected chi connectivity index (χ1v) is 6.23. The lowest BCUT2D eigenvalue weighted by Crippen LogP contribution is -2.53. The molecule has 17 heavy (non-hydrogen) atoms. The Bertz CT molecular complexity index is 348. The monoisotopic (exact) mass is 237 g/mol.